The first kappa shape index (κ1) is 13.7. The topological polar surface area (TPSA) is 86.8 Å². The summed E-state index contributed by atoms with van der Waals surface area (Å²) >= 11 is 0. The van der Waals surface area contributed by atoms with Gasteiger partial charge >= 0.3 is 5.97 Å². The van der Waals surface area contributed by atoms with E-state index in [1.54, 1.807) is 12.1 Å². The van der Waals surface area contributed by atoms with Crippen molar-refractivity contribution in [3.05, 3.63) is 23.8 Å². The van der Waals surface area contributed by atoms with Gasteiger partial charge in [0.25, 0.3) is 0 Å². The Morgan fingerprint density at radius 1 is 1.37 bits per heavy atom. The van der Waals surface area contributed by atoms with Crippen molar-refractivity contribution in [3.8, 4) is 0 Å². The molecule has 0 amide bonds. The minimum absolute atomic E-state index is 0.130. The molecule has 0 aliphatic carbocycles. The van der Waals surface area contributed by atoms with Crippen LogP contribution in [-0.2, 0) is 0 Å². The second kappa shape index (κ2) is 5.09. The molecule has 1 aliphatic rings. The average Bonchev–Trinajstić information content (AvgIpc) is 2.49. The molecule has 1 aliphatic heterocycles. The summed E-state index contributed by atoms with van der Waals surface area (Å²) in [7, 11) is 0. The number of rotatable bonds is 2. The van der Waals surface area contributed by atoms with E-state index in [1.165, 1.54) is 6.07 Å². The molecule has 5 nitrogen and oxygen atoms in total. The third kappa shape index (κ3) is 3.17. The van der Waals surface area contributed by atoms with Crippen molar-refractivity contribution >= 4 is 17.3 Å². The number of hydrogen-bond acceptors (Lipinski definition) is 4. The molecular formula is C14H20N2O3. The number of anilines is 2. The van der Waals surface area contributed by atoms with E-state index in [9.17, 15) is 9.90 Å². The molecule has 2 rings (SSSR count). The van der Waals surface area contributed by atoms with Crippen molar-refractivity contribution in [2.75, 3.05) is 23.7 Å². The third-order valence-corrected chi connectivity index (χ3v) is 3.69. The van der Waals surface area contributed by atoms with E-state index in [2.05, 4.69) is 4.90 Å². The van der Waals surface area contributed by atoms with Crippen molar-refractivity contribution in [1.82, 2.24) is 0 Å². The van der Waals surface area contributed by atoms with Gasteiger partial charge in [-0.25, -0.2) is 4.79 Å². The lowest BCUT2D eigenvalue weighted by atomic mass is 9.98. The number of nitrogen functional groups attached to an aromatic ring is 1. The number of carboxylic acids is 1. The second-order valence-electron chi connectivity index (χ2n) is 5.41. The fourth-order valence-electron chi connectivity index (χ4n) is 2.46. The van der Waals surface area contributed by atoms with Crippen LogP contribution < -0.4 is 10.6 Å². The quantitative estimate of drug-likeness (QED) is 0.708. The van der Waals surface area contributed by atoms with Crippen molar-refractivity contribution in [1.29, 1.82) is 0 Å². The lowest BCUT2D eigenvalue weighted by Crippen LogP contribution is -2.28. The van der Waals surface area contributed by atoms with E-state index in [0.717, 1.165) is 31.6 Å². The van der Waals surface area contributed by atoms with E-state index in [1.807, 2.05) is 6.92 Å². The highest BCUT2D eigenvalue weighted by Gasteiger charge is 2.25. The number of carboxylic acid groups (broad SMARTS) is 1. The van der Waals surface area contributed by atoms with Crippen LogP contribution >= 0.6 is 0 Å². The molecule has 0 saturated carbocycles. The SMILES string of the molecule is CC1(O)CCCN(c2ccc(C(=O)O)c(N)c2)CC1. The predicted octanol–water partition coefficient (Wildman–Crippen LogP) is 1.71. The van der Waals surface area contributed by atoms with E-state index < -0.39 is 11.6 Å². The maximum absolute atomic E-state index is 10.9. The van der Waals surface area contributed by atoms with Crippen LogP contribution in [-0.4, -0.2) is 34.9 Å². The van der Waals surface area contributed by atoms with E-state index in [4.69, 9.17) is 10.8 Å². The Kier molecular flexibility index (Phi) is 3.66. The van der Waals surface area contributed by atoms with E-state index >= 15 is 0 Å². The van der Waals surface area contributed by atoms with Gasteiger partial charge in [0.15, 0.2) is 0 Å². The van der Waals surface area contributed by atoms with Crippen molar-refractivity contribution in [2.24, 2.45) is 0 Å². The number of nitrogens with zero attached hydrogens (tertiary/aromatic N) is 1. The molecule has 0 spiro atoms. The fourth-order valence-corrected chi connectivity index (χ4v) is 2.46. The lowest BCUT2D eigenvalue weighted by molar-refractivity contribution is 0.0481. The first-order valence-electron chi connectivity index (χ1n) is 6.49. The van der Waals surface area contributed by atoms with Gasteiger partial charge in [-0.2, -0.15) is 0 Å². The molecule has 4 N–H and O–H groups in total. The number of benzene rings is 1. The summed E-state index contributed by atoms with van der Waals surface area (Å²) in [6.45, 7) is 3.46. The zero-order valence-electron chi connectivity index (χ0n) is 11.1. The highest BCUT2D eigenvalue weighted by molar-refractivity contribution is 5.94. The van der Waals surface area contributed by atoms with Gasteiger partial charge in [-0.1, -0.05) is 0 Å². The van der Waals surface area contributed by atoms with Gasteiger partial charge in [0, 0.05) is 24.5 Å². The predicted molar refractivity (Wildman–Crippen MR) is 74.5 cm³/mol. The standard InChI is InChI=1S/C14H20N2O3/c1-14(19)5-2-7-16(8-6-14)10-3-4-11(13(17)18)12(15)9-10/h3-4,9,19H,2,5-8,15H2,1H3,(H,17,18). The maximum atomic E-state index is 10.9. The summed E-state index contributed by atoms with van der Waals surface area (Å²) in [4.78, 5) is 13.1. The van der Waals surface area contributed by atoms with Crippen LogP contribution in [0.4, 0.5) is 11.4 Å². The number of aliphatic hydroxyl groups is 1. The first-order chi connectivity index (χ1) is 8.89. The molecule has 1 heterocycles. The van der Waals surface area contributed by atoms with Gasteiger partial charge in [0.1, 0.15) is 0 Å². The van der Waals surface area contributed by atoms with E-state index in [0.29, 0.717) is 6.42 Å². The monoisotopic (exact) mass is 264 g/mol. The summed E-state index contributed by atoms with van der Waals surface area (Å²) in [5, 5.41) is 19.0. The summed E-state index contributed by atoms with van der Waals surface area (Å²) in [5.74, 6) is -1.01. The van der Waals surface area contributed by atoms with Gasteiger partial charge < -0.3 is 20.8 Å². The minimum atomic E-state index is -1.01. The molecule has 1 atom stereocenters. The van der Waals surface area contributed by atoms with Gasteiger partial charge in [-0.15, -0.1) is 0 Å². The van der Waals surface area contributed by atoms with Gasteiger partial charge in [-0.3, -0.25) is 0 Å². The van der Waals surface area contributed by atoms with Crippen molar-refractivity contribution < 1.29 is 15.0 Å². The number of aromatic carboxylic acids is 1. The largest absolute Gasteiger partial charge is 0.478 e. The zero-order chi connectivity index (χ0) is 14.0. The molecule has 1 unspecified atom stereocenters. The maximum Gasteiger partial charge on any atom is 0.337 e. The zero-order valence-corrected chi connectivity index (χ0v) is 11.1. The summed E-state index contributed by atoms with van der Waals surface area (Å²) in [5.41, 5.74) is 6.48. The van der Waals surface area contributed by atoms with Gasteiger partial charge in [0.2, 0.25) is 0 Å². The number of carbonyl (C=O) groups is 1. The lowest BCUT2D eigenvalue weighted by Gasteiger charge is -2.24. The molecule has 5 heteroatoms. The molecule has 1 aromatic rings. The molecule has 0 bridgehead atoms. The Hall–Kier alpha value is -1.75. The van der Waals surface area contributed by atoms with Crippen LogP contribution in [0.5, 0.6) is 0 Å². The summed E-state index contributed by atoms with van der Waals surface area (Å²) in [6.07, 6.45) is 2.40. The molecule has 19 heavy (non-hydrogen) atoms. The van der Waals surface area contributed by atoms with Gasteiger partial charge in [-0.05, 0) is 44.4 Å². The summed E-state index contributed by atoms with van der Waals surface area (Å²) in [6, 6.07) is 5.01. The first-order valence-corrected chi connectivity index (χ1v) is 6.49. The molecule has 1 saturated heterocycles. The number of hydrogen-bond donors (Lipinski definition) is 3. The normalized spacial score (nSPS) is 24.0. The molecule has 1 fully saturated rings. The molecular weight excluding hydrogens is 244 g/mol. The Bertz CT molecular complexity index is 486. The van der Waals surface area contributed by atoms with Crippen molar-refractivity contribution in [3.63, 3.8) is 0 Å². The third-order valence-electron chi connectivity index (χ3n) is 3.69. The molecule has 104 valence electrons. The van der Waals surface area contributed by atoms with Crippen LogP contribution in [0.1, 0.15) is 36.5 Å². The Morgan fingerprint density at radius 3 is 2.74 bits per heavy atom. The van der Waals surface area contributed by atoms with Gasteiger partial charge in [0.05, 0.1) is 11.2 Å². The highest BCUT2D eigenvalue weighted by atomic mass is 16.4. The Labute approximate surface area is 112 Å². The highest BCUT2D eigenvalue weighted by Crippen LogP contribution is 2.27. The Morgan fingerprint density at radius 2 is 2.11 bits per heavy atom. The van der Waals surface area contributed by atoms with Crippen LogP contribution in [0.2, 0.25) is 0 Å². The smallest absolute Gasteiger partial charge is 0.337 e. The van der Waals surface area contributed by atoms with Crippen LogP contribution in [0, 0.1) is 0 Å². The molecule has 0 radical (unpaired) electrons. The molecule has 1 aromatic carbocycles. The second-order valence-corrected chi connectivity index (χ2v) is 5.41. The van der Waals surface area contributed by atoms with Crippen LogP contribution in [0.3, 0.4) is 0 Å². The van der Waals surface area contributed by atoms with Crippen LogP contribution in [0.15, 0.2) is 18.2 Å². The molecule has 0 aromatic heterocycles. The minimum Gasteiger partial charge on any atom is -0.478 e. The Balaban J connectivity index is 2.18. The average molecular weight is 264 g/mol. The van der Waals surface area contributed by atoms with E-state index in [-0.39, 0.29) is 11.3 Å². The fraction of sp³-hybridized carbons (Fsp3) is 0.500. The van der Waals surface area contributed by atoms with Crippen molar-refractivity contribution in [2.45, 2.75) is 31.8 Å². The van der Waals surface area contributed by atoms with Crippen LogP contribution in [0.25, 0.3) is 0 Å². The number of nitrogens with two attached hydrogens (primary N) is 1. The summed E-state index contributed by atoms with van der Waals surface area (Å²) < 4.78 is 0.